The molecule has 1 rings (SSSR count). The molecule has 1 saturated heterocycles. The Morgan fingerprint density at radius 1 is 1.24 bits per heavy atom. The van der Waals surface area contributed by atoms with E-state index in [1.807, 2.05) is 13.8 Å². The van der Waals surface area contributed by atoms with E-state index < -0.39 is 8.32 Å². The molecule has 3 atom stereocenters. The molecule has 1 heterocycles. The molecule has 5 heteroatoms. The molecule has 1 unspecified atom stereocenters. The van der Waals surface area contributed by atoms with Crippen LogP contribution in [0.2, 0.25) is 18.1 Å². The topological polar surface area (TPSA) is 40.2 Å². The van der Waals surface area contributed by atoms with Gasteiger partial charge in [-0.05, 0) is 38.9 Å². The lowest BCUT2D eigenvalue weighted by molar-refractivity contribution is -0.143. The summed E-state index contributed by atoms with van der Waals surface area (Å²) in [5.41, 5.74) is -0.0226. The fraction of sp³-hybridized carbons (Fsp3) is 1.00. The van der Waals surface area contributed by atoms with E-state index in [9.17, 15) is 0 Å². The molecule has 0 aromatic rings. The van der Waals surface area contributed by atoms with Gasteiger partial charge in [0, 0.05) is 13.0 Å². The highest BCUT2D eigenvalue weighted by molar-refractivity contribution is 6.74. The van der Waals surface area contributed by atoms with Crippen LogP contribution in [0.1, 0.15) is 48.0 Å². The predicted molar refractivity (Wildman–Crippen MR) is 88.1 cm³/mol. The highest BCUT2D eigenvalue weighted by atomic mass is 28.4. The van der Waals surface area contributed by atoms with Crippen LogP contribution in [0.5, 0.6) is 0 Å². The molecule has 0 aromatic heterocycles. The molecule has 0 spiro atoms. The van der Waals surface area contributed by atoms with Crippen LogP contribution in [0.3, 0.4) is 0 Å². The zero-order valence-electron chi connectivity index (χ0n) is 15.1. The van der Waals surface area contributed by atoms with E-state index in [1.54, 1.807) is 0 Å². The van der Waals surface area contributed by atoms with E-state index in [0.717, 1.165) is 13.0 Å². The van der Waals surface area contributed by atoms with Crippen LogP contribution in [0.4, 0.5) is 0 Å². The zero-order valence-corrected chi connectivity index (χ0v) is 16.1. The van der Waals surface area contributed by atoms with Crippen molar-refractivity contribution in [1.29, 1.82) is 0 Å². The van der Waals surface area contributed by atoms with Crippen molar-refractivity contribution in [1.82, 2.24) is 0 Å². The van der Waals surface area contributed by atoms with Gasteiger partial charge in [0.1, 0.15) is 0 Å². The third-order valence-corrected chi connectivity index (χ3v) is 9.02. The van der Waals surface area contributed by atoms with Gasteiger partial charge in [-0.1, -0.05) is 20.8 Å². The molecule has 1 fully saturated rings. The Hall–Kier alpha value is 0.0569. The molecule has 126 valence electrons. The summed E-state index contributed by atoms with van der Waals surface area (Å²) in [6.45, 7) is 19.4. The maximum atomic E-state index is 6.53. The van der Waals surface area contributed by atoms with Gasteiger partial charge in [-0.2, -0.15) is 0 Å². The summed E-state index contributed by atoms with van der Waals surface area (Å²) in [6, 6.07) is 0. The Labute approximate surface area is 131 Å². The molecule has 4 nitrogen and oxygen atoms in total. The third-order valence-electron chi connectivity index (χ3n) is 4.48. The first-order valence-electron chi connectivity index (χ1n) is 8.04. The number of ether oxygens (including phenoxy) is 3. The Morgan fingerprint density at radius 2 is 1.81 bits per heavy atom. The van der Waals surface area contributed by atoms with Crippen LogP contribution >= 0.6 is 0 Å². The molecule has 0 bridgehead atoms. The SMILES string of the molecule is CCOC(C)OC[C@@H](C[C@@]1(C)CO1)O[Si](C)(C)C(C)(C)C. The molecular weight excluding hydrogens is 284 g/mol. The fourth-order valence-electron chi connectivity index (χ4n) is 1.98. The second-order valence-electron chi connectivity index (χ2n) is 7.80. The van der Waals surface area contributed by atoms with Gasteiger partial charge in [0.15, 0.2) is 14.6 Å². The standard InChI is InChI=1S/C16H34O4Si/c1-9-17-13(2)18-11-14(10-16(6)12-19-16)20-21(7,8)15(3,4)5/h13-14H,9-12H2,1-8H3/t13?,14-,16+/m1/s1. The molecule has 0 radical (unpaired) electrons. The number of hydrogen-bond acceptors (Lipinski definition) is 4. The number of hydrogen-bond donors (Lipinski definition) is 0. The van der Waals surface area contributed by atoms with Crippen LogP contribution in [0, 0.1) is 0 Å². The lowest BCUT2D eigenvalue weighted by atomic mass is 10.1. The number of epoxide rings is 1. The minimum atomic E-state index is -1.81. The van der Waals surface area contributed by atoms with Crippen molar-refractivity contribution in [2.24, 2.45) is 0 Å². The van der Waals surface area contributed by atoms with Crippen molar-refractivity contribution in [3.8, 4) is 0 Å². The summed E-state index contributed by atoms with van der Waals surface area (Å²) in [5.74, 6) is 0. The lowest BCUT2D eigenvalue weighted by Gasteiger charge is -2.39. The Morgan fingerprint density at radius 3 is 2.24 bits per heavy atom. The second-order valence-corrected chi connectivity index (χ2v) is 12.6. The minimum absolute atomic E-state index is 0.0226. The first-order chi connectivity index (χ1) is 9.49. The third kappa shape index (κ3) is 6.36. The quantitative estimate of drug-likeness (QED) is 0.366. The van der Waals surface area contributed by atoms with Gasteiger partial charge in [0.05, 0.1) is 24.9 Å². The molecule has 0 N–H and O–H groups in total. The fourth-order valence-corrected chi connectivity index (χ4v) is 3.31. The molecule has 21 heavy (non-hydrogen) atoms. The van der Waals surface area contributed by atoms with Crippen LogP contribution in [-0.4, -0.2) is 46.1 Å². The molecule has 0 aliphatic carbocycles. The normalized spacial score (nSPS) is 25.7. The van der Waals surface area contributed by atoms with Gasteiger partial charge in [-0.3, -0.25) is 0 Å². The van der Waals surface area contributed by atoms with Crippen molar-refractivity contribution in [3.63, 3.8) is 0 Å². The van der Waals surface area contributed by atoms with Crippen molar-refractivity contribution in [3.05, 3.63) is 0 Å². The largest absolute Gasteiger partial charge is 0.411 e. The highest BCUT2D eigenvalue weighted by Crippen LogP contribution is 2.39. The summed E-state index contributed by atoms with van der Waals surface area (Å²) in [5, 5.41) is 0.197. The van der Waals surface area contributed by atoms with E-state index in [-0.39, 0.29) is 23.0 Å². The van der Waals surface area contributed by atoms with E-state index in [0.29, 0.717) is 13.2 Å². The van der Waals surface area contributed by atoms with Gasteiger partial charge in [-0.25, -0.2) is 0 Å². The smallest absolute Gasteiger partial charge is 0.192 e. The van der Waals surface area contributed by atoms with Gasteiger partial charge in [0.2, 0.25) is 0 Å². The minimum Gasteiger partial charge on any atom is -0.411 e. The van der Waals surface area contributed by atoms with Crippen molar-refractivity contribution < 1.29 is 18.6 Å². The van der Waals surface area contributed by atoms with Crippen LogP contribution < -0.4 is 0 Å². The maximum Gasteiger partial charge on any atom is 0.192 e. The second kappa shape index (κ2) is 7.09. The van der Waals surface area contributed by atoms with Crippen molar-refractivity contribution in [2.75, 3.05) is 19.8 Å². The van der Waals surface area contributed by atoms with E-state index >= 15 is 0 Å². The summed E-state index contributed by atoms with van der Waals surface area (Å²) >= 11 is 0. The van der Waals surface area contributed by atoms with Crippen LogP contribution in [0.25, 0.3) is 0 Å². The summed E-state index contributed by atoms with van der Waals surface area (Å²) in [6.07, 6.45) is 0.771. The van der Waals surface area contributed by atoms with Gasteiger partial charge in [-0.15, -0.1) is 0 Å². The van der Waals surface area contributed by atoms with E-state index in [4.69, 9.17) is 18.6 Å². The van der Waals surface area contributed by atoms with Crippen LogP contribution in [0.15, 0.2) is 0 Å². The monoisotopic (exact) mass is 318 g/mol. The lowest BCUT2D eigenvalue weighted by Crippen LogP contribution is -2.46. The summed E-state index contributed by atoms with van der Waals surface area (Å²) in [7, 11) is -1.81. The Kier molecular flexibility index (Phi) is 6.45. The summed E-state index contributed by atoms with van der Waals surface area (Å²) < 4.78 is 23.3. The summed E-state index contributed by atoms with van der Waals surface area (Å²) in [4.78, 5) is 0. The highest BCUT2D eigenvalue weighted by Gasteiger charge is 2.45. The zero-order chi connectivity index (χ0) is 16.3. The number of rotatable bonds is 9. The van der Waals surface area contributed by atoms with E-state index in [2.05, 4.69) is 40.8 Å². The first-order valence-corrected chi connectivity index (χ1v) is 10.9. The van der Waals surface area contributed by atoms with E-state index in [1.165, 1.54) is 0 Å². The first kappa shape index (κ1) is 19.1. The Balaban J connectivity index is 2.60. The molecule has 1 aliphatic heterocycles. The maximum absolute atomic E-state index is 6.53. The molecular formula is C16H34O4Si. The molecule has 0 aromatic carbocycles. The van der Waals surface area contributed by atoms with Gasteiger partial charge >= 0.3 is 0 Å². The average molecular weight is 319 g/mol. The molecule has 0 amide bonds. The molecule has 0 saturated carbocycles. The average Bonchev–Trinajstić information content (AvgIpc) is 3.02. The Bertz CT molecular complexity index is 321. The molecule has 1 aliphatic rings. The van der Waals surface area contributed by atoms with Crippen molar-refractivity contribution in [2.45, 2.75) is 84.1 Å². The van der Waals surface area contributed by atoms with Gasteiger partial charge in [0.25, 0.3) is 0 Å². The van der Waals surface area contributed by atoms with Gasteiger partial charge < -0.3 is 18.6 Å². The van der Waals surface area contributed by atoms with Crippen LogP contribution in [-0.2, 0) is 18.6 Å². The predicted octanol–water partition coefficient (Wildman–Crippen LogP) is 3.95. The van der Waals surface area contributed by atoms with Crippen molar-refractivity contribution >= 4 is 8.32 Å².